The quantitative estimate of drug-likeness (QED) is 0.704. The summed E-state index contributed by atoms with van der Waals surface area (Å²) in [5.41, 5.74) is 2.83. The Morgan fingerprint density at radius 2 is 1.77 bits per heavy atom. The first kappa shape index (κ1) is 21.2. The summed E-state index contributed by atoms with van der Waals surface area (Å²) >= 11 is 5.33. The van der Waals surface area contributed by atoms with Crippen LogP contribution in [0.4, 0.5) is 0 Å². The number of aliphatic carboxylic acids is 1. The molecule has 6 nitrogen and oxygen atoms in total. The number of fused-ring (bicyclic) bond motifs is 3. The Hall–Kier alpha value is -3.06. The van der Waals surface area contributed by atoms with Crippen molar-refractivity contribution in [2.24, 2.45) is 0 Å². The molecule has 0 saturated carbocycles. The SMILES string of the molecule is O=C(N[C@@H]1Cc2ccccc2[C@@H]2CCC[C@H](C(=O)O)N2C1=O)C(=S)Cc1ccccc1. The number of carbonyl (C=O) groups is 3. The number of benzene rings is 2. The van der Waals surface area contributed by atoms with Crippen molar-refractivity contribution in [3.8, 4) is 0 Å². The fourth-order valence-electron chi connectivity index (χ4n) is 4.60. The minimum Gasteiger partial charge on any atom is -0.480 e. The fourth-order valence-corrected chi connectivity index (χ4v) is 4.83. The van der Waals surface area contributed by atoms with Crippen molar-refractivity contribution in [3.63, 3.8) is 0 Å². The van der Waals surface area contributed by atoms with Gasteiger partial charge in [0.05, 0.1) is 10.9 Å². The van der Waals surface area contributed by atoms with Crippen LogP contribution >= 0.6 is 12.2 Å². The molecule has 1 fully saturated rings. The van der Waals surface area contributed by atoms with E-state index in [-0.39, 0.29) is 16.8 Å². The van der Waals surface area contributed by atoms with Gasteiger partial charge in [-0.2, -0.15) is 0 Å². The molecule has 0 radical (unpaired) electrons. The first-order chi connectivity index (χ1) is 15.0. The second-order valence-electron chi connectivity index (χ2n) is 8.06. The zero-order chi connectivity index (χ0) is 22.0. The molecule has 31 heavy (non-hydrogen) atoms. The molecular formula is C24H24N2O4S. The maximum atomic E-state index is 13.5. The highest BCUT2D eigenvalue weighted by Gasteiger charge is 2.44. The number of hydrogen-bond acceptors (Lipinski definition) is 4. The van der Waals surface area contributed by atoms with Crippen molar-refractivity contribution in [2.45, 2.75) is 50.2 Å². The summed E-state index contributed by atoms with van der Waals surface area (Å²) in [6.07, 6.45) is 2.47. The standard InChI is InChI=1S/C24H24N2O4S/c27-22(21(31)13-15-7-2-1-3-8-15)25-18-14-16-9-4-5-10-17(16)19-11-6-12-20(24(29)30)26(19)23(18)28/h1-5,7-10,18-20H,6,11-14H2,(H,25,27)(H,29,30)/t18-,19+,20-/m1/s1. The number of piperidine rings is 1. The van der Waals surface area contributed by atoms with E-state index in [2.05, 4.69) is 5.32 Å². The molecule has 4 rings (SSSR count). The summed E-state index contributed by atoms with van der Waals surface area (Å²) in [6.45, 7) is 0. The Kier molecular flexibility index (Phi) is 6.13. The summed E-state index contributed by atoms with van der Waals surface area (Å²) in [6, 6.07) is 15.1. The normalized spacial score (nSPS) is 22.6. The van der Waals surface area contributed by atoms with Crippen molar-refractivity contribution < 1.29 is 19.5 Å². The maximum Gasteiger partial charge on any atom is 0.326 e. The summed E-state index contributed by atoms with van der Waals surface area (Å²) in [5.74, 6) is -1.83. The van der Waals surface area contributed by atoms with Gasteiger partial charge >= 0.3 is 5.97 Å². The van der Waals surface area contributed by atoms with Gasteiger partial charge in [-0.15, -0.1) is 0 Å². The van der Waals surface area contributed by atoms with Crippen molar-refractivity contribution in [1.29, 1.82) is 0 Å². The Bertz CT molecular complexity index is 1020. The van der Waals surface area contributed by atoms with Gasteiger partial charge in [0.2, 0.25) is 5.91 Å². The molecule has 3 atom stereocenters. The van der Waals surface area contributed by atoms with Crippen LogP contribution in [0.3, 0.4) is 0 Å². The number of carboxylic acid groups (broad SMARTS) is 1. The first-order valence-electron chi connectivity index (χ1n) is 10.5. The molecule has 0 aromatic heterocycles. The third kappa shape index (κ3) is 4.37. The monoisotopic (exact) mass is 436 g/mol. The Labute approximate surface area is 186 Å². The number of nitrogens with one attached hydrogen (secondary N) is 1. The van der Waals surface area contributed by atoms with Gasteiger partial charge in [-0.3, -0.25) is 9.59 Å². The number of rotatable bonds is 5. The Morgan fingerprint density at radius 3 is 2.52 bits per heavy atom. The molecule has 2 N–H and O–H groups in total. The highest BCUT2D eigenvalue weighted by Crippen LogP contribution is 2.39. The number of carbonyl (C=O) groups excluding carboxylic acids is 2. The highest BCUT2D eigenvalue weighted by molar-refractivity contribution is 7.82. The lowest BCUT2D eigenvalue weighted by atomic mass is 9.89. The van der Waals surface area contributed by atoms with Gasteiger partial charge in [0.1, 0.15) is 12.1 Å². The summed E-state index contributed by atoms with van der Waals surface area (Å²) in [4.78, 5) is 39.9. The lowest BCUT2D eigenvalue weighted by Gasteiger charge is -2.40. The lowest BCUT2D eigenvalue weighted by Crippen LogP contribution is -2.56. The molecule has 0 unspecified atom stereocenters. The summed E-state index contributed by atoms with van der Waals surface area (Å²) < 4.78 is 0. The van der Waals surface area contributed by atoms with E-state index in [1.165, 1.54) is 4.90 Å². The molecular weight excluding hydrogens is 412 g/mol. The topological polar surface area (TPSA) is 86.7 Å². The Balaban J connectivity index is 1.60. The van der Waals surface area contributed by atoms with Gasteiger partial charge in [0.15, 0.2) is 0 Å². The average Bonchev–Trinajstić information content (AvgIpc) is 2.89. The van der Waals surface area contributed by atoms with Crippen LogP contribution in [0.15, 0.2) is 54.6 Å². The summed E-state index contributed by atoms with van der Waals surface area (Å²) in [5, 5.41) is 12.6. The van der Waals surface area contributed by atoms with Crippen molar-refractivity contribution >= 4 is 34.9 Å². The predicted molar refractivity (Wildman–Crippen MR) is 120 cm³/mol. The molecule has 7 heteroatoms. The van der Waals surface area contributed by atoms with E-state index >= 15 is 0 Å². The minimum absolute atomic E-state index is 0.196. The lowest BCUT2D eigenvalue weighted by molar-refractivity contribution is -0.156. The molecule has 2 aromatic rings. The molecule has 2 amide bonds. The average molecular weight is 437 g/mol. The number of amides is 2. The third-order valence-corrected chi connectivity index (χ3v) is 6.40. The largest absolute Gasteiger partial charge is 0.480 e. The molecule has 0 bridgehead atoms. The number of hydrogen-bond donors (Lipinski definition) is 2. The van der Waals surface area contributed by atoms with E-state index in [4.69, 9.17) is 12.2 Å². The molecule has 0 spiro atoms. The molecule has 2 aliphatic heterocycles. The van der Waals surface area contributed by atoms with Crippen LogP contribution in [0.1, 0.15) is 42.0 Å². The molecule has 2 heterocycles. The number of thiocarbonyl (C=S) groups is 1. The zero-order valence-corrected chi connectivity index (χ0v) is 17.8. The van der Waals surface area contributed by atoms with Crippen LogP contribution in [-0.2, 0) is 27.2 Å². The van der Waals surface area contributed by atoms with Crippen LogP contribution in [0.2, 0.25) is 0 Å². The zero-order valence-electron chi connectivity index (χ0n) is 17.0. The van der Waals surface area contributed by atoms with Crippen LogP contribution < -0.4 is 5.32 Å². The maximum absolute atomic E-state index is 13.5. The Morgan fingerprint density at radius 1 is 1.06 bits per heavy atom. The molecule has 2 aliphatic rings. The second kappa shape index (κ2) is 8.98. The molecule has 160 valence electrons. The van der Waals surface area contributed by atoms with Crippen LogP contribution in [0.25, 0.3) is 0 Å². The van der Waals surface area contributed by atoms with E-state index in [1.807, 2.05) is 54.6 Å². The van der Waals surface area contributed by atoms with Gasteiger partial charge in [0.25, 0.3) is 5.91 Å². The number of carboxylic acids is 1. The van der Waals surface area contributed by atoms with Crippen LogP contribution in [0, 0.1) is 0 Å². The minimum atomic E-state index is -1.01. The van der Waals surface area contributed by atoms with Crippen LogP contribution in [0.5, 0.6) is 0 Å². The van der Waals surface area contributed by atoms with Crippen LogP contribution in [-0.4, -0.2) is 44.7 Å². The van der Waals surface area contributed by atoms with Gasteiger partial charge in [0, 0.05) is 12.8 Å². The fraction of sp³-hybridized carbons (Fsp3) is 0.333. The molecule has 2 aromatic carbocycles. The number of nitrogens with zero attached hydrogens (tertiary/aromatic N) is 1. The van der Waals surface area contributed by atoms with Gasteiger partial charge in [-0.25, -0.2) is 4.79 Å². The van der Waals surface area contributed by atoms with Gasteiger partial charge in [-0.05, 0) is 36.0 Å². The van der Waals surface area contributed by atoms with Crippen molar-refractivity contribution in [3.05, 3.63) is 71.3 Å². The molecule has 0 aliphatic carbocycles. The van der Waals surface area contributed by atoms with E-state index in [1.54, 1.807) is 0 Å². The van der Waals surface area contributed by atoms with E-state index < -0.39 is 24.0 Å². The second-order valence-corrected chi connectivity index (χ2v) is 8.55. The van der Waals surface area contributed by atoms with Crippen molar-refractivity contribution in [1.82, 2.24) is 10.2 Å². The van der Waals surface area contributed by atoms with Gasteiger partial charge < -0.3 is 15.3 Å². The summed E-state index contributed by atoms with van der Waals surface area (Å²) in [7, 11) is 0. The predicted octanol–water partition coefficient (Wildman–Crippen LogP) is 2.85. The smallest absolute Gasteiger partial charge is 0.326 e. The van der Waals surface area contributed by atoms with Crippen molar-refractivity contribution in [2.75, 3.05) is 0 Å². The van der Waals surface area contributed by atoms with E-state index in [9.17, 15) is 19.5 Å². The first-order valence-corrected chi connectivity index (χ1v) is 10.9. The third-order valence-electron chi connectivity index (χ3n) is 6.07. The van der Waals surface area contributed by atoms with E-state index in [0.29, 0.717) is 25.7 Å². The van der Waals surface area contributed by atoms with Gasteiger partial charge in [-0.1, -0.05) is 66.8 Å². The van der Waals surface area contributed by atoms with E-state index in [0.717, 1.165) is 23.1 Å². The molecule has 1 saturated heterocycles. The highest BCUT2D eigenvalue weighted by atomic mass is 32.1.